The third kappa shape index (κ3) is 5.28. The number of benzene rings is 1. The van der Waals surface area contributed by atoms with Crippen LogP contribution in [0.5, 0.6) is 0 Å². The fourth-order valence-corrected chi connectivity index (χ4v) is 2.92. The van der Waals surface area contributed by atoms with Gasteiger partial charge in [0.25, 0.3) is 0 Å². The van der Waals surface area contributed by atoms with E-state index in [1.807, 2.05) is 26.0 Å². The number of rotatable bonds is 8. The van der Waals surface area contributed by atoms with Crippen molar-refractivity contribution in [1.29, 1.82) is 0 Å². The molecule has 2 nitrogen and oxygen atoms in total. The molecule has 0 saturated carbocycles. The molecule has 1 rings (SSSR count). The van der Waals surface area contributed by atoms with E-state index in [4.69, 9.17) is 0 Å². The smallest absolute Gasteiger partial charge is 0.177 e. The highest BCUT2D eigenvalue weighted by Gasteiger charge is 2.20. The molecule has 0 fully saturated rings. The minimum absolute atomic E-state index is 0.253. The van der Waals surface area contributed by atoms with Crippen LogP contribution in [0.4, 0.5) is 0 Å². The average molecular weight is 289 g/mol. The first kappa shape index (κ1) is 17.9. The van der Waals surface area contributed by atoms with E-state index in [1.54, 1.807) is 0 Å². The molecular formula is C19H31NO. The first-order valence-corrected chi connectivity index (χ1v) is 8.23. The van der Waals surface area contributed by atoms with Gasteiger partial charge in [0, 0.05) is 18.2 Å². The van der Waals surface area contributed by atoms with Crippen molar-refractivity contribution in [1.82, 2.24) is 4.90 Å². The quantitative estimate of drug-likeness (QED) is 0.650. The molecule has 1 aromatic carbocycles. The van der Waals surface area contributed by atoms with Gasteiger partial charge >= 0.3 is 0 Å². The van der Waals surface area contributed by atoms with Crippen molar-refractivity contribution in [2.45, 2.75) is 60.4 Å². The zero-order chi connectivity index (χ0) is 16.0. The monoisotopic (exact) mass is 289 g/mol. The van der Waals surface area contributed by atoms with Crippen LogP contribution in [-0.4, -0.2) is 29.8 Å². The topological polar surface area (TPSA) is 20.3 Å². The second-order valence-electron chi connectivity index (χ2n) is 6.54. The molecule has 118 valence electrons. The van der Waals surface area contributed by atoms with Crippen molar-refractivity contribution < 1.29 is 4.79 Å². The highest BCUT2D eigenvalue weighted by Crippen LogP contribution is 2.16. The summed E-state index contributed by atoms with van der Waals surface area (Å²) in [7, 11) is 0. The van der Waals surface area contributed by atoms with E-state index in [2.05, 4.69) is 38.7 Å². The number of Topliss-reactive ketones (excluding diaryl/α,β-unsaturated/α-hetero) is 1. The fourth-order valence-electron chi connectivity index (χ4n) is 2.92. The van der Waals surface area contributed by atoms with Crippen LogP contribution < -0.4 is 0 Å². The lowest BCUT2D eigenvalue weighted by Crippen LogP contribution is -2.41. The largest absolute Gasteiger partial charge is 0.293 e. The Morgan fingerprint density at radius 1 is 1.14 bits per heavy atom. The van der Waals surface area contributed by atoms with Crippen molar-refractivity contribution in [3.05, 3.63) is 34.9 Å². The molecule has 1 aromatic rings. The Kier molecular flexibility index (Phi) is 7.10. The van der Waals surface area contributed by atoms with Gasteiger partial charge in [-0.3, -0.25) is 9.69 Å². The molecule has 0 atom stereocenters. The van der Waals surface area contributed by atoms with Crippen LogP contribution in [0.1, 0.15) is 62.0 Å². The van der Waals surface area contributed by atoms with Gasteiger partial charge in [-0.1, -0.05) is 45.4 Å². The van der Waals surface area contributed by atoms with Gasteiger partial charge in [0.05, 0.1) is 6.54 Å². The lowest BCUT2D eigenvalue weighted by Gasteiger charge is -2.31. The summed E-state index contributed by atoms with van der Waals surface area (Å²) in [5.74, 6) is 0.834. The number of hydrogen-bond acceptors (Lipinski definition) is 2. The van der Waals surface area contributed by atoms with E-state index < -0.39 is 0 Å². The minimum Gasteiger partial charge on any atom is -0.293 e. The summed E-state index contributed by atoms with van der Waals surface area (Å²) < 4.78 is 0. The van der Waals surface area contributed by atoms with Crippen molar-refractivity contribution in [3.8, 4) is 0 Å². The fraction of sp³-hybridized carbons (Fsp3) is 0.632. The van der Waals surface area contributed by atoms with Gasteiger partial charge < -0.3 is 0 Å². The van der Waals surface area contributed by atoms with Crippen molar-refractivity contribution >= 4 is 5.78 Å². The summed E-state index contributed by atoms with van der Waals surface area (Å²) >= 11 is 0. The number of ketones is 1. The van der Waals surface area contributed by atoms with Crippen molar-refractivity contribution in [2.75, 3.05) is 13.1 Å². The van der Waals surface area contributed by atoms with Gasteiger partial charge in [-0.05, 0) is 44.2 Å². The average Bonchev–Trinajstić information content (AvgIpc) is 2.42. The van der Waals surface area contributed by atoms with Crippen LogP contribution >= 0.6 is 0 Å². The summed E-state index contributed by atoms with van der Waals surface area (Å²) in [4.78, 5) is 15.1. The van der Waals surface area contributed by atoms with Crippen LogP contribution in [-0.2, 0) is 0 Å². The highest BCUT2D eigenvalue weighted by molar-refractivity contribution is 5.99. The standard InChI is InChI=1S/C19H31NO/c1-7-17(8-2)20(12-14(3)4)13-19(21)18-11-15(5)9-10-16(18)6/h9-11,14,17H,7-8,12-13H2,1-6H3. The predicted octanol–water partition coefficient (Wildman–Crippen LogP) is 4.63. The lowest BCUT2D eigenvalue weighted by atomic mass is 10.00. The number of carbonyl (C=O) groups excluding carboxylic acids is 1. The molecule has 0 spiro atoms. The van der Waals surface area contributed by atoms with Crippen LogP contribution in [0.3, 0.4) is 0 Å². The maximum absolute atomic E-state index is 12.7. The normalized spacial score (nSPS) is 11.7. The molecule has 0 aliphatic carbocycles. The van der Waals surface area contributed by atoms with Gasteiger partial charge in [0.1, 0.15) is 0 Å². The molecular weight excluding hydrogens is 258 g/mol. The third-order valence-electron chi connectivity index (χ3n) is 4.10. The molecule has 0 aliphatic rings. The van der Waals surface area contributed by atoms with Gasteiger partial charge in [0.15, 0.2) is 5.78 Å². The first-order chi connectivity index (χ1) is 9.88. The Labute approximate surface area is 130 Å². The summed E-state index contributed by atoms with van der Waals surface area (Å²) in [5, 5.41) is 0. The molecule has 2 heteroatoms. The molecule has 0 radical (unpaired) electrons. The van der Waals surface area contributed by atoms with E-state index in [0.29, 0.717) is 18.5 Å². The number of nitrogens with zero attached hydrogens (tertiary/aromatic N) is 1. The Morgan fingerprint density at radius 3 is 2.29 bits per heavy atom. The van der Waals surface area contributed by atoms with Gasteiger partial charge in [-0.25, -0.2) is 0 Å². The van der Waals surface area contributed by atoms with Crippen LogP contribution in [0.15, 0.2) is 18.2 Å². The Morgan fingerprint density at radius 2 is 1.76 bits per heavy atom. The summed E-state index contributed by atoms with van der Waals surface area (Å²) in [6.07, 6.45) is 2.20. The maximum Gasteiger partial charge on any atom is 0.177 e. The predicted molar refractivity (Wildman–Crippen MR) is 91.0 cm³/mol. The van der Waals surface area contributed by atoms with Crippen LogP contribution in [0, 0.1) is 19.8 Å². The highest BCUT2D eigenvalue weighted by atomic mass is 16.1. The molecule has 21 heavy (non-hydrogen) atoms. The Bertz CT molecular complexity index is 461. The molecule has 0 amide bonds. The molecule has 0 bridgehead atoms. The SMILES string of the molecule is CCC(CC)N(CC(=O)c1cc(C)ccc1C)CC(C)C. The van der Waals surface area contributed by atoms with E-state index in [1.165, 1.54) is 0 Å². The minimum atomic E-state index is 0.253. The van der Waals surface area contributed by atoms with E-state index in [9.17, 15) is 4.79 Å². The summed E-state index contributed by atoms with van der Waals surface area (Å²) in [5.41, 5.74) is 3.12. The van der Waals surface area contributed by atoms with E-state index in [0.717, 1.165) is 36.1 Å². The van der Waals surface area contributed by atoms with Crippen molar-refractivity contribution in [3.63, 3.8) is 0 Å². The lowest BCUT2D eigenvalue weighted by molar-refractivity contribution is 0.0865. The third-order valence-corrected chi connectivity index (χ3v) is 4.10. The van der Waals surface area contributed by atoms with E-state index >= 15 is 0 Å². The molecule has 0 aliphatic heterocycles. The van der Waals surface area contributed by atoms with Crippen LogP contribution in [0.2, 0.25) is 0 Å². The Balaban J connectivity index is 2.91. The molecule has 0 heterocycles. The Hall–Kier alpha value is -1.15. The first-order valence-electron chi connectivity index (χ1n) is 8.23. The molecule has 0 saturated heterocycles. The molecule has 0 unspecified atom stereocenters. The second-order valence-corrected chi connectivity index (χ2v) is 6.54. The molecule has 0 N–H and O–H groups in total. The maximum atomic E-state index is 12.7. The number of aryl methyl sites for hydroxylation is 2. The number of carbonyl (C=O) groups is 1. The summed E-state index contributed by atoms with van der Waals surface area (Å²) in [6, 6.07) is 6.64. The zero-order valence-corrected chi connectivity index (χ0v) is 14.6. The molecule has 0 aromatic heterocycles. The van der Waals surface area contributed by atoms with Crippen LogP contribution in [0.25, 0.3) is 0 Å². The van der Waals surface area contributed by atoms with Crippen molar-refractivity contribution in [2.24, 2.45) is 5.92 Å². The number of hydrogen-bond donors (Lipinski definition) is 0. The van der Waals surface area contributed by atoms with Gasteiger partial charge in [-0.2, -0.15) is 0 Å². The second kappa shape index (κ2) is 8.33. The van der Waals surface area contributed by atoms with Gasteiger partial charge in [-0.15, -0.1) is 0 Å². The zero-order valence-electron chi connectivity index (χ0n) is 14.6. The van der Waals surface area contributed by atoms with Gasteiger partial charge in [0.2, 0.25) is 0 Å². The van der Waals surface area contributed by atoms with E-state index in [-0.39, 0.29) is 5.78 Å². The summed E-state index contributed by atoms with van der Waals surface area (Å²) in [6.45, 7) is 14.5.